The van der Waals surface area contributed by atoms with E-state index >= 15 is 0 Å². The van der Waals surface area contributed by atoms with Crippen molar-refractivity contribution >= 4 is 21.7 Å². The quantitative estimate of drug-likeness (QED) is 0.815. The first-order valence-electron chi connectivity index (χ1n) is 7.35. The molecular weight excluding hydrogens is 375 g/mol. The second-order valence-electron chi connectivity index (χ2n) is 5.43. The van der Waals surface area contributed by atoms with Crippen LogP contribution in [0.3, 0.4) is 0 Å². The van der Waals surface area contributed by atoms with Crippen LogP contribution in [0, 0.1) is 0 Å². The van der Waals surface area contributed by atoms with Gasteiger partial charge in [0.25, 0.3) is 0 Å². The van der Waals surface area contributed by atoms with Gasteiger partial charge in [0, 0.05) is 18.2 Å². The Balaban J connectivity index is 1.83. The molecular formula is C16H12F3NO5S. The number of nitrogens with one attached hydrogen (secondary N) is 1. The van der Waals surface area contributed by atoms with E-state index in [4.69, 9.17) is 4.18 Å². The van der Waals surface area contributed by atoms with Crippen molar-refractivity contribution in [2.24, 2.45) is 0 Å². The molecule has 3 rings (SSSR count). The number of benzene rings is 2. The topological polar surface area (TPSA) is 81.7 Å². The second kappa shape index (κ2) is 6.52. The van der Waals surface area contributed by atoms with E-state index in [0.29, 0.717) is 17.7 Å². The molecule has 1 aliphatic rings. The van der Waals surface area contributed by atoms with Gasteiger partial charge in [-0.25, -0.2) is 0 Å². The van der Waals surface area contributed by atoms with Crippen LogP contribution in [0.2, 0.25) is 0 Å². The maximum absolute atomic E-state index is 12.3. The number of rotatable bonds is 4. The van der Waals surface area contributed by atoms with Gasteiger partial charge >= 0.3 is 16.5 Å². The van der Waals surface area contributed by atoms with E-state index in [1.54, 1.807) is 0 Å². The van der Waals surface area contributed by atoms with Gasteiger partial charge < -0.3 is 14.2 Å². The van der Waals surface area contributed by atoms with Gasteiger partial charge in [-0.2, -0.15) is 8.42 Å². The summed E-state index contributed by atoms with van der Waals surface area (Å²) in [6.45, 7) is 0. The SMILES string of the molecule is O=C1CCc2cc(OS(=O)(=O)c3cccc(OC(F)(F)F)c3)ccc2N1. The van der Waals surface area contributed by atoms with Crippen molar-refractivity contribution < 1.29 is 35.3 Å². The number of amides is 1. The number of carbonyl (C=O) groups excluding carboxylic acids is 1. The summed E-state index contributed by atoms with van der Waals surface area (Å²) in [5, 5.41) is 2.64. The van der Waals surface area contributed by atoms with Gasteiger partial charge in [0.1, 0.15) is 16.4 Å². The molecule has 0 spiro atoms. The minimum atomic E-state index is -4.94. The predicted molar refractivity (Wildman–Crippen MR) is 84.3 cm³/mol. The van der Waals surface area contributed by atoms with Gasteiger partial charge in [0.2, 0.25) is 5.91 Å². The van der Waals surface area contributed by atoms with E-state index in [2.05, 4.69) is 10.1 Å². The van der Waals surface area contributed by atoms with Crippen molar-refractivity contribution in [3.63, 3.8) is 0 Å². The summed E-state index contributed by atoms with van der Waals surface area (Å²) in [6, 6.07) is 8.22. The van der Waals surface area contributed by atoms with Gasteiger partial charge in [0.15, 0.2) is 0 Å². The fourth-order valence-corrected chi connectivity index (χ4v) is 3.37. The van der Waals surface area contributed by atoms with Crippen LogP contribution < -0.4 is 14.2 Å². The van der Waals surface area contributed by atoms with Crippen LogP contribution in [0.15, 0.2) is 47.4 Å². The van der Waals surface area contributed by atoms with Crippen LogP contribution in [0.25, 0.3) is 0 Å². The average molecular weight is 387 g/mol. The molecule has 6 nitrogen and oxygen atoms in total. The Morgan fingerprint density at radius 1 is 1.00 bits per heavy atom. The molecule has 1 amide bonds. The van der Waals surface area contributed by atoms with Crippen LogP contribution in [0.5, 0.6) is 11.5 Å². The zero-order valence-electron chi connectivity index (χ0n) is 13.0. The summed E-state index contributed by atoms with van der Waals surface area (Å²) in [5.74, 6) is -0.822. The van der Waals surface area contributed by atoms with Crippen LogP contribution in [-0.2, 0) is 21.3 Å². The first kappa shape index (κ1) is 18.1. The van der Waals surface area contributed by atoms with E-state index in [0.717, 1.165) is 24.3 Å². The molecule has 0 bridgehead atoms. The fraction of sp³-hybridized carbons (Fsp3) is 0.188. The van der Waals surface area contributed by atoms with Crippen molar-refractivity contribution in [1.82, 2.24) is 0 Å². The summed E-state index contributed by atoms with van der Waals surface area (Å²) in [4.78, 5) is 10.8. The molecule has 0 aromatic heterocycles. The summed E-state index contributed by atoms with van der Waals surface area (Å²) in [6.07, 6.45) is -4.25. The standard InChI is InChI=1S/C16H12F3NO5S/c17-16(18,19)24-11-2-1-3-13(9-11)26(22,23)25-12-5-6-14-10(8-12)4-7-15(21)20-14/h1-3,5-6,8-9H,4,7H2,(H,20,21). The first-order valence-corrected chi connectivity index (χ1v) is 8.76. The maximum atomic E-state index is 12.3. The number of carbonyl (C=O) groups is 1. The number of fused-ring (bicyclic) bond motifs is 1. The van der Waals surface area contributed by atoms with Gasteiger partial charge in [-0.15, -0.1) is 13.2 Å². The van der Waals surface area contributed by atoms with E-state index < -0.39 is 27.1 Å². The molecule has 0 fully saturated rings. The van der Waals surface area contributed by atoms with Gasteiger partial charge in [-0.1, -0.05) is 6.07 Å². The number of ether oxygens (including phenoxy) is 1. The highest BCUT2D eigenvalue weighted by atomic mass is 32.2. The minimum absolute atomic E-state index is 0.0120. The molecule has 2 aromatic rings. The van der Waals surface area contributed by atoms with Crippen molar-refractivity contribution in [3.05, 3.63) is 48.0 Å². The summed E-state index contributed by atoms with van der Waals surface area (Å²) < 4.78 is 70.1. The number of halogens is 3. The number of hydrogen-bond acceptors (Lipinski definition) is 5. The minimum Gasteiger partial charge on any atom is -0.406 e. The Morgan fingerprint density at radius 3 is 2.50 bits per heavy atom. The smallest absolute Gasteiger partial charge is 0.406 e. The molecule has 10 heteroatoms. The third-order valence-electron chi connectivity index (χ3n) is 3.51. The van der Waals surface area contributed by atoms with Crippen molar-refractivity contribution in [3.8, 4) is 11.5 Å². The van der Waals surface area contributed by atoms with E-state index in [1.165, 1.54) is 18.2 Å². The maximum Gasteiger partial charge on any atom is 0.573 e. The molecule has 1 N–H and O–H groups in total. The predicted octanol–water partition coefficient (Wildman–Crippen LogP) is 3.24. The lowest BCUT2D eigenvalue weighted by Gasteiger charge is -2.17. The van der Waals surface area contributed by atoms with Crippen LogP contribution in [0.4, 0.5) is 18.9 Å². The average Bonchev–Trinajstić information content (AvgIpc) is 2.53. The molecule has 0 saturated heterocycles. The van der Waals surface area contributed by atoms with Crippen LogP contribution in [0.1, 0.15) is 12.0 Å². The third-order valence-corrected chi connectivity index (χ3v) is 4.75. The number of anilines is 1. The third kappa shape index (κ3) is 4.26. The first-order chi connectivity index (χ1) is 12.1. The summed E-state index contributed by atoms with van der Waals surface area (Å²) in [7, 11) is -4.36. The van der Waals surface area contributed by atoms with Crippen molar-refractivity contribution in [2.75, 3.05) is 5.32 Å². The second-order valence-corrected chi connectivity index (χ2v) is 6.97. The zero-order valence-corrected chi connectivity index (χ0v) is 13.9. The molecule has 0 atom stereocenters. The molecule has 0 saturated carbocycles. The molecule has 1 aliphatic heterocycles. The van der Waals surface area contributed by atoms with E-state index in [-0.39, 0.29) is 18.1 Å². The van der Waals surface area contributed by atoms with Crippen molar-refractivity contribution in [1.29, 1.82) is 0 Å². The molecule has 1 heterocycles. The normalized spacial score (nSPS) is 14.3. The number of aryl methyl sites for hydroxylation is 1. The number of alkyl halides is 3. The lowest BCUT2D eigenvalue weighted by Crippen LogP contribution is -2.19. The molecule has 0 aliphatic carbocycles. The van der Waals surface area contributed by atoms with E-state index in [1.807, 2.05) is 0 Å². The monoisotopic (exact) mass is 387 g/mol. The summed E-state index contributed by atoms with van der Waals surface area (Å²) in [5.41, 5.74) is 1.26. The van der Waals surface area contributed by atoms with Crippen LogP contribution in [-0.4, -0.2) is 20.7 Å². The molecule has 26 heavy (non-hydrogen) atoms. The Hall–Kier alpha value is -2.75. The largest absolute Gasteiger partial charge is 0.573 e. The molecule has 0 radical (unpaired) electrons. The van der Waals surface area contributed by atoms with E-state index in [9.17, 15) is 26.4 Å². The van der Waals surface area contributed by atoms with Gasteiger partial charge in [-0.3, -0.25) is 4.79 Å². The van der Waals surface area contributed by atoms with Crippen LogP contribution >= 0.6 is 0 Å². The highest BCUT2D eigenvalue weighted by Gasteiger charge is 2.31. The Kier molecular flexibility index (Phi) is 4.53. The van der Waals surface area contributed by atoms with Gasteiger partial charge in [0.05, 0.1) is 0 Å². The molecule has 2 aromatic carbocycles. The molecule has 0 unspecified atom stereocenters. The lowest BCUT2D eigenvalue weighted by molar-refractivity contribution is -0.274. The van der Waals surface area contributed by atoms with Gasteiger partial charge in [-0.05, 0) is 42.3 Å². The molecule has 138 valence electrons. The Bertz CT molecular complexity index is 957. The number of hydrogen-bond donors (Lipinski definition) is 1. The Labute approximate surface area is 146 Å². The highest BCUT2D eigenvalue weighted by molar-refractivity contribution is 7.87. The summed E-state index contributed by atoms with van der Waals surface area (Å²) >= 11 is 0. The fourth-order valence-electron chi connectivity index (χ4n) is 2.41. The highest BCUT2D eigenvalue weighted by Crippen LogP contribution is 2.30. The Morgan fingerprint density at radius 2 is 1.77 bits per heavy atom. The van der Waals surface area contributed by atoms with Crippen molar-refractivity contribution in [2.45, 2.75) is 24.1 Å². The lowest BCUT2D eigenvalue weighted by atomic mass is 10.0. The zero-order chi connectivity index (χ0) is 18.9.